The summed E-state index contributed by atoms with van der Waals surface area (Å²) >= 11 is 0. The summed E-state index contributed by atoms with van der Waals surface area (Å²) in [5.41, 5.74) is -0.0691. The predicted octanol–water partition coefficient (Wildman–Crippen LogP) is -0.245. The summed E-state index contributed by atoms with van der Waals surface area (Å²) in [4.78, 5) is 32.3. The van der Waals surface area contributed by atoms with Gasteiger partial charge in [-0.1, -0.05) is 0 Å². The fourth-order valence-corrected chi connectivity index (χ4v) is 1.39. The number of rotatable bonds is 2. The van der Waals surface area contributed by atoms with Gasteiger partial charge in [0.25, 0.3) is 5.56 Å². The molecule has 8 nitrogen and oxygen atoms in total. The van der Waals surface area contributed by atoms with E-state index < -0.39 is 11.7 Å². The van der Waals surface area contributed by atoms with Crippen molar-refractivity contribution >= 4 is 17.3 Å². The van der Waals surface area contributed by atoms with Gasteiger partial charge >= 0.3 is 6.09 Å². The van der Waals surface area contributed by atoms with Crippen LogP contribution in [0.25, 0.3) is 11.2 Å². The normalized spacial score (nSPS) is 10.6. The monoisotopic (exact) mass is 223 g/mol. The van der Waals surface area contributed by atoms with Crippen LogP contribution in [0.4, 0.5) is 4.79 Å². The molecule has 8 heteroatoms. The molecule has 0 aliphatic heterocycles. The number of hydrogen-bond acceptors (Lipinski definition) is 4. The van der Waals surface area contributed by atoms with Gasteiger partial charge in [-0.25, -0.2) is 24.4 Å². The molecule has 0 saturated carbocycles. The summed E-state index contributed by atoms with van der Waals surface area (Å²) in [6.45, 7) is 1.91. The Labute approximate surface area is 89.1 Å². The van der Waals surface area contributed by atoms with E-state index >= 15 is 0 Å². The van der Waals surface area contributed by atoms with Crippen LogP contribution in [0.3, 0.4) is 0 Å². The molecule has 2 aromatic heterocycles. The largest absolute Gasteiger partial charge is 0.464 e. The smallest absolute Gasteiger partial charge is 0.426 e. The number of fused-ring (bicyclic) bond motifs is 1. The number of nitrogens with one attached hydrogen (secondary N) is 1. The molecule has 0 spiro atoms. The topological polar surface area (TPSA) is 104 Å². The highest BCUT2D eigenvalue weighted by atomic mass is 16.4. The van der Waals surface area contributed by atoms with E-state index in [0.29, 0.717) is 0 Å². The highest BCUT2D eigenvalue weighted by Gasteiger charge is 2.16. The summed E-state index contributed by atoms with van der Waals surface area (Å²) in [6.07, 6.45) is 1.33. The molecule has 0 fully saturated rings. The van der Waals surface area contributed by atoms with Gasteiger partial charge in [-0.05, 0) is 6.92 Å². The van der Waals surface area contributed by atoms with E-state index in [9.17, 15) is 9.59 Å². The van der Waals surface area contributed by atoms with Crippen LogP contribution >= 0.6 is 0 Å². The van der Waals surface area contributed by atoms with Crippen molar-refractivity contribution in [2.75, 3.05) is 11.6 Å². The second-order valence-corrected chi connectivity index (χ2v) is 2.99. The summed E-state index contributed by atoms with van der Waals surface area (Å²) in [6, 6.07) is 0. The minimum Gasteiger partial charge on any atom is -0.464 e. The number of imidazole rings is 1. The van der Waals surface area contributed by atoms with Crippen LogP contribution in [0.5, 0.6) is 0 Å². The van der Waals surface area contributed by atoms with Crippen molar-refractivity contribution < 1.29 is 9.90 Å². The van der Waals surface area contributed by atoms with Gasteiger partial charge in [-0.15, -0.1) is 0 Å². The minimum atomic E-state index is -1.14. The van der Waals surface area contributed by atoms with Gasteiger partial charge in [0.05, 0.1) is 6.33 Å². The Morgan fingerprint density at radius 3 is 3.00 bits per heavy atom. The van der Waals surface area contributed by atoms with Gasteiger partial charge < -0.3 is 10.1 Å². The predicted molar refractivity (Wildman–Crippen MR) is 54.9 cm³/mol. The summed E-state index contributed by atoms with van der Waals surface area (Å²) in [7, 11) is 0. The first-order chi connectivity index (χ1) is 7.65. The van der Waals surface area contributed by atoms with E-state index in [-0.39, 0.29) is 17.7 Å². The first-order valence-electron chi connectivity index (χ1n) is 4.56. The number of H-pyrrole nitrogens is 1. The molecule has 84 valence electrons. The number of aromatic amines is 1. The van der Waals surface area contributed by atoms with Crippen molar-refractivity contribution in [3.63, 3.8) is 0 Å². The second kappa shape index (κ2) is 3.65. The van der Waals surface area contributed by atoms with Gasteiger partial charge in [-0.3, -0.25) is 4.79 Å². The van der Waals surface area contributed by atoms with E-state index in [0.717, 1.165) is 5.01 Å². The van der Waals surface area contributed by atoms with Gasteiger partial charge in [0, 0.05) is 6.54 Å². The van der Waals surface area contributed by atoms with Crippen LogP contribution < -0.4 is 10.6 Å². The molecule has 2 N–H and O–H groups in total. The lowest BCUT2D eigenvalue weighted by Gasteiger charge is -2.17. The molecule has 0 unspecified atom stereocenters. The highest BCUT2D eigenvalue weighted by Crippen LogP contribution is 2.04. The average molecular weight is 223 g/mol. The van der Waals surface area contributed by atoms with Crippen LogP contribution in [0, 0.1) is 0 Å². The number of carbonyl (C=O) groups is 1. The molecule has 16 heavy (non-hydrogen) atoms. The van der Waals surface area contributed by atoms with Crippen LogP contribution in [-0.4, -0.2) is 37.4 Å². The highest BCUT2D eigenvalue weighted by molar-refractivity contribution is 5.79. The molecular weight excluding hydrogens is 214 g/mol. The van der Waals surface area contributed by atoms with Crippen LogP contribution in [-0.2, 0) is 0 Å². The van der Waals surface area contributed by atoms with E-state index in [1.807, 2.05) is 0 Å². The average Bonchev–Trinajstić information content (AvgIpc) is 2.64. The van der Waals surface area contributed by atoms with Gasteiger partial charge in [0.2, 0.25) is 0 Å². The molecule has 0 bridgehead atoms. The molecule has 0 aliphatic carbocycles. The number of amides is 1. The standard InChI is InChI=1S/C8H9N5O3/c1-2-12(8(15)16)13-4-11-5-6(13)9-3-10-7(5)14/h3-4H,2H2,1H3,(H,15,16)(H,9,10,14). The summed E-state index contributed by atoms with van der Waals surface area (Å²) in [5.74, 6) is 0. The Kier molecular flexibility index (Phi) is 2.31. The van der Waals surface area contributed by atoms with Crippen molar-refractivity contribution in [2.24, 2.45) is 0 Å². The maximum atomic E-state index is 11.3. The SMILES string of the molecule is CCN(C(=O)O)n1cnc2c(=O)[nH]cnc21. The van der Waals surface area contributed by atoms with E-state index in [2.05, 4.69) is 15.0 Å². The lowest BCUT2D eigenvalue weighted by molar-refractivity contribution is 0.195. The Morgan fingerprint density at radius 2 is 2.38 bits per heavy atom. The first-order valence-corrected chi connectivity index (χ1v) is 4.56. The van der Waals surface area contributed by atoms with Crippen molar-refractivity contribution in [1.82, 2.24) is 19.6 Å². The molecule has 2 heterocycles. The Morgan fingerprint density at radius 1 is 1.62 bits per heavy atom. The van der Waals surface area contributed by atoms with Crippen LogP contribution in [0.15, 0.2) is 17.4 Å². The number of hydrogen-bond donors (Lipinski definition) is 2. The Balaban J connectivity index is 2.66. The van der Waals surface area contributed by atoms with E-state index in [1.165, 1.54) is 17.3 Å². The zero-order valence-corrected chi connectivity index (χ0v) is 8.41. The fourth-order valence-electron chi connectivity index (χ4n) is 1.39. The lowest BCUT2D eigenvalue weighted by Crippen LogP contribution is -2.38. The van der Waals surface area contributed by atoms with Crippen molar-refractivity contribution in [2.45, 2.75) is 6.92 Å². The quantitative estimate of drug-likeness (QED) is 0.730. The van der Waals surface area contributed by atoms with Gasteiger partial charge in [-0.2, -0.15) is 0 Å². The third-order valence-corrected chi connectivity index (χ3v) is 2.10. The zero-order valence-electron chi connectivity index (χ0n) is 8.41. The first kappa shape index (κ1) is 10.1. The lowest BCUT2D eigenvalue weighted by atomic mass is 10.5. The molecule has 0 atom stereocenters. The Hall–Kier alpha value is -2.38. The maximum absolute atomic E-state index is 11.3. The molecule has 2 rings (SSSR count). The number of nitrogens with zero attached hydrogens (tertiary/aromatic N) is 4. The molecule has 0 radical (unpaired) electrons. The summed E-state index contributed by atoms with van der Waals surface area (Å²) in [5, 5.41) is 9.94. The zero-order chi connectivity index (χ0) is 11.7. The molecule has 1 amide bonds. The van der Waals surface area contributed by atoms with Crippen molar-refractivity contribution in [1.29, 1.82) is 0 Å². The van der Waals surface area contributed by atoms with E-state index in [1.54, 1.807) is 6.92 Å². The third-order valence-electron chi connectivity index (χ3n) is 2.10. The number of carboxylic acid groups (broad SMARTS) is 1. The maximum Gasteiger partial charge on any atom is 0.426 e. The van der Waals surface area contributed by atoms with Gasteiger partial charge in [0.15, 0.2) is 11.2 Å². The molecule has 2 aromatic rings. The number of aromatic nitrogens is 4. The molecular formula is C8H9N5O3. The molecule has 0 aliphatic rings. The minimum absolute atomic E-state index is 0.113. The second-order valence-electron chi connectivity index (χ2n) is 2.99. The summed E-state index contributed by atoms with van der Waals surface area (Å²) < 4.78 is 1.23. The molecule has 0 aromatic carbocycles. The Bertz CT molecular complexity index is 587. The van der Waals surface area contributed by atoms with Crippen molar-refractivity contribution in [3.8, 4) is 0 Å². The fraction of sp³-hybridized carbons (Fsp3) is 0.250. The van der Waals surface area contributed by atoms with Crippen molar-refractivity contribution in [3.05, 3.63) is 23.0 Å². The van der Waals surface area contributed by atoms with Crippen LogP contribution in [0.2, 0.25) is 0 Å². The molecule has 0 saturated heterocycles. The van der Waals surface area contributed by atoms with E-state index in [4.69, 9.17) is 5.11 Å². The van der Waals surface area contributed by atoms with Gasteiger partial charge in [0.1, 0.15) is 6.33 Å². The van der Waals surface area contributed by atoms with Crippen LogP contribution in [0.1, 0.15) is 6.92 Å². The third kappa shape index (κ3) is 1.40.